The predicted molar refractivity (Wildman–Crippen MR) is 73.9 cm³/mol. The van der Waals surface area contributed by atoms with Gasteiger partial charge in [0.25, 0.3) is 0 Å². The Morgan fingerprint density at radius 2 is 1.40 bits per heavy atom. The molecule has 0 radical (unpaired) electrons. The summed E-state index contributed by atoms with van der Waals surface area (Å²) in [6.45, 7) is 4.72. The summed E-state index contributed by atoms with van der Waals surface area (Å²) >= 11 is 1.95. The van der Waals surface area contributed by atoms with Crippen LogP contribution in [0.25, 0.3) is 0 Å². The third kappa shape index (κ3) is 14.3. The molecule has 1 nitrogen and oxygen atoms in total. The molecule has 1 N–H and O–H groups in total. The van der Waals surface area contributed by atoms with Crippen LogP contribution in [0.4, 0.5) is 0 Å². The molecule has 15 heavy (non-hydrogen) atoms. The molecule has 0 fully saturated rings. The Bertz CT molecular complexity index is 94.7. The van der Waals surface area contributed by atoms with Crippen molar-refractivity contribution in [2.24, 2.45) is 0 Å². The van der Waals surface area contributed by atoms with Gasteiger partial charge in [-0.25, -0.2) is 0 Å². The first-order valence-electron chi connectivity index (χ1n) is 6.61. The lowest BCUT2D eigenvalue weighted by atomic mass is 10.1. The maximum Gasteiger partial charge on any atom is -0.00486 e. The number of nitrogens with one attached hydrogen (secondary N) is 1. The number of unbranched alkanes of at least 4 members (excludes halogenated alkanes) is 6. The lowest BCUT2D eigenvalue weighted by Gasteiger charge is -2.04. The van der Waals surface area contributed by atoms with E-state index in [-0.39, 0.29) is 0 Å². The molecular formula is C13H29NS. The van der Waals surface area contributed by atoms with Crippen molar-refractivity contribution in [2.75, 3.05) is 25.1 Å². The minimum absolute atomic E-state index is 1.22. The van der Waals surface area contributed by atoms with Crippen LogP contribution in [0.15, 0.2) is 0 Å². The van der Waals surface area contributed by atoms with E-state index in [4.69, 9.17) is 0 Å². The van der Waals surface area contributed by atoms with Crippen LogP contribution >= 0.6 is 11.8 Å². The third-order valence-electron chi connectivity index (χ3n) is 2.66. The maximum atomic E-state index is 3.53. The molecule has 0 aromatic rings. The van der Waals surface area contributed by atoms with Gasteiger partial charge in [0.05, 0.1) is 0 Å². The Balaban J connectivity index is 2.81. The Morgan fingerprint density at radius 3 is 2.07 bits per heavy atom. The Labute approximate surface area is 101 Å². The third-order valence-corrected chi connectivity index (χ3v) is 3.36. The highest BCUT2D eigenvalue weighted by Crippen LogP contribution is 2.04. The maximum absolute atomic E-state index is 3.53. The van der Waals surface area contributed by atoms with Gasteiger partial charge in [0.15, 0.2) is 0 Å². The number of thioether (sulfide) groups is 1. The van der Waals surface area contributed by atoms with Crippen LogP contribution in [-0.2, 0) is 0 Å². The van der Waals surface area contributed by atoms with Gasteiger partial charge in [0.2, 0.25) is 0 Å². The molecule has 0 aromatic carbocycles. The standard InChI is InChI=1S/C13H29NS/c1-3-4-5-6-7-8-11-14-12-9-10-13-15-2/h14H,3-13H2,1-2H3. The zero-order chi connectivity index (χ0) is 11.2. The van der Waals surface area contributed by atoms with Crippen molar-refractivity contribution in [3.05, 3.63) is 0 Å². The summed E-state index contributed by atoms with van der Waals surface area (Å²) in [7, 11) is 0. The van der Waals surface area contributed by atoms with Crippen LogP contribution in [0.1, 0.15) is 58.3 Å². The summed E-state index contributed by atoms with van der Waals surface area (Å²) in [5.41, 5.74) is 0. The molecule has 0 bridgehead atoms. The van der Waals surface area contributed by atoms with Gasteiger partial charge in [0, 0.05) is 0 Å². The lowest BCUT2D eigenvalue weighted by molar-refractivity contribution is 0.564. The van der Waals surface area contributed by atoms with Crippen LogP contribution in [0.3, 0.4) is 0 Å². The van der Waals surface area contributed by atoms with E-state index in [9.17, 15) is 0 Å². The fraction of sp³-hybridized carbons (Fsp3) is 1.00. The number of hydrogen-bond donors (Lipinski definition) is 1. The highest BCUT2D eigenvalue weighted by Gasteiger charge is 1.91. The van der Waals surface area contributed by atoms with E-state index in [0.717, 1.165) is 0 Å². The summed E-state index contributed by atoms with van der Waals surface area (Å²) in [4.78, 5) is 0. The first-order valence-corrected chi connectivity index (χ1v) is 8.00. The van der Waals surface area contributed by atoms with Crippen LogP contribution < -0.4 is 5.32 Å². The zero-order valence-electron chi connectivity index (χ0n) is 10.7. The molecule has 2 heteroatoms. The Hall–Kier alpha value is 0.310. The zero-order valence-corrected chi connectivity index (χ0v) is 11.5. The van der Waals surface area contributed by atoms with Crippen molar-refractivity contribution in [2.45, 2.75) is 58.3 Å². The smallest absolute Gasteiger partial charge is 0.00486 e. The fourth-order valence-electron chi connectivity index (χ4n) is 1.65. The molecule has 0 aliphatic heterocycles. The first kappa shape index (κ1) is 15.3. The Morgan fingerprint density at radius 1 is 0.800 bits per heavy atom. The van der Waals surface area contributed by atoms with Gasteiger partial charge in [0.1, 0.15) is 0 Å². The summed E-state index contributed by atoms with van der Waals surface area (Å²) in [5, 5.41) is 3.53. The van der Waals surface area contributed by atoms with Crippen molar-refractivity contribution >= 4 is 11.8 Å². The topological polar surface area (TPSA) is 12.0 Å². The molecule has 0 saturated heterocycles. The van der Waals surface area contributed by atoms with Gasteiger partial charge in [-0.15, -0.1) is 0 Å². The van der Waals surface area contributed by atoms with Gasteiger partial charge in [-0.3, -0.25) is 0 Å². The number of rotatable bonds is 12. The molecular weight excluding hydrogens is 202 g/mol. The molecule has 92 valence electrons. The van der Waals surface area contributed by atoms with Crippen molar-refractivity contribution in [1.29, 1.82) is 0 Å². The van der Waals surface area contributed by atoms with E-state index in [2.05, 4.69) is 18.5 Å². The summed E-state index contributed by atoms with van der Waals surface area (Å²) in [5.74, 6) is 1.32. The molecule has 0 rings (SSSR count). The summed E-state index contributed by atoms with van der Waals surface area (Å²) < 4.78 is 0. The van der Waals surface area contributed by atoms with E-state index in [1.54, 1.807) is 0 Å². The Kier molecular flexibility index (Phi) is 14.6. The lowest BCUT2D eigenvalue weighted by Crippen LogP contribution is -2.16. The van der Waals surface area contributed by atoms with Crippen molar-refractivity contribution in [3.8, 4) is 0 Å². The van der Waals surface area contributed by atoms with Crippen molar-refractivity contribution in [3.63, 3.8) is 0 Å². The minimum Gasteiger partial charge on any atom is -0.317 e. The highest BCUT2D eigenvalue weighted by atomic mass is 32.2. The quantitative estimate of drug-likeness (QED) is 0.508. The second-order valence-corrected chi connectivity index (χ2v) is 5.20. The van der Waals surface area contributed by atoms with E-state index in [0.29, 0.717) is 0 Å². The molecule has 0 spiro atoms. The highest BCUT2D eigenvalue weighted by molar-refractivity contribution is 7.98. The molecule has 0 heterocycles. The molecule has 0 aliphatic rings. The second kappa shape index (κ2) is 14.3. The molecule has 0 unspecified atom stereocenters. The normalized spacial score (nSPS) is 10.8. The van der Waals surface area contributed by atoms with Gasteiger partial charge in [-0.2, -0.15) is 11.8 Å². The molecule has 0 atom stereocenters. The van der Waals surface area contributed by atoms with Crippen LogP contribution in [0, 0.1) is 0 Å². The van der Waals surface area contributed by atoms with E-state index < -0.39 is 0 Å². The molecule has 0 saturated carbocycles. The average molecular weight is 231 g/mol. The molecule has 0 amide bonds. The van der Waals surface area contributed by atoms with Crippen molar-refractivity contribution < 1.29 is 0 Å². The predicted octanol–water partition coefficient (Wildman–Crippen LogP) is 4.08. The van der Waals surface area contributed by atoms with Crippen molar-refractivity contribution in [1.82, 2.24) is 5.32 Å². The van der Waals surface area contributed by atoms with E-state index in [1.807, 2.05) is 11.8 Å². The van der Waals surface area contributed by atoms with E-state index >= 15 is 0 Å². The van der Waals surface area contributed by atoms with Crippen LogP contribution in [-0.4, -0.2) is 25.1 Å². The van der Waals surface area contributed by atoms with Crippen LogP contribution in [0.2, 0.25) is 0 Å². The summed E-state index contributed by atoms with van der Waals surface area (Å²) in [6, 6.07) is 0. The van der Waals surface area contributed by atoms with Gasteiger partial charge < -0.3 is 5.32 Å². The minimum atomic E-state index is 1.22. The molecule has 0 aromatic heterocycles. The monoisotopic (exact) mass is 231 g/mol. The number of hydrogen-bond acceptors (Lipinski definition) is 2. The fourth-order valence-corrected chi connectivity index (χ4v) is 2.14. The van der Waals surface area contributed by atoms with Gasteiger partial charge >= 0.3 is 0 Å². The van der Waals surface area contributed by atoms with E-state index in [1.165, 1.54) is 70.2 Å². The van der Waals surface area contributed by atoms with Crippen LogP contribution in [0.5, 0.6) is 0 Å². The first-order chi connectivity index (χ1) is 7.41. The second-order valence-electron chi connectivity index (χ2n) is 4.22. The summed E-state index contributed by atoms with van der Waals surface area (Å²) in [6.07, 6.45) is 13.3. The average Bonchev–Trinajstić information content (AvgIpc) is 2.26. The largest absolute Gasteiger partial charge is 0.317 e. The van der Waals surface area contributed by atoms with Gasteiger partial charge in [-0.1, -0.05) is 39.0 Å². The SMILES string of the molecule is CCCCCCCCNCCCCSC. The molecule has 0 aliphatic carbocycles. The van der Waals surface area contributed by atoms with Gasteiger partial charge in [-0.05, 0) is 44.4 Å².